The first-order valence-electron chi connectivity index (χ1n) is 6.06. The van der Waals surface area contributed by atoms with Crippen molar-refractivity contribution in [3.63, 3.8) is 0 Å². The van der Waals surface area contributed by atoms with Crippen LogP contribution in [0.5, 0.6) is 0 Å². The molecule has 1 aromatic carbocycles. The molecule has 1 saturated heterocycles. The lowest BCUT2D eigenvalue weighted by molar-refractivity contribution is 0.0881. The minimum atomic E-state index is -0.178. The molecule has 1 aliphatic heterocycles. The van der Waals surface area contributed by atoms with Crippen molar-refractivity contribution in [2.45, 2.75) is 12.6 Å². The minimum absolute atomic E-state index is 0.178. The van der Waals surface area contributed by atoms with Gasteiger partial charge in [-0.1, -0.05) is 12.1 Å². The van der Waals surface area contributed by atoms with Gasteiger partial charge in [0.05, 0.1) is 0 Å². The van der Waals surface area contributed by atoms with Gasteiger partial charge in [-0.2, -0.15) is 0 Å². The molecule has 0 amide bonds. The topological polar surface area (TPSA) is 32.5 Å². The van der Waals surface area contributed by atoms with Gasteiger partial charge in [0.15, 0.2) is 0 Å². The van der Waals surface area contributed by atoms with E-state index < -0.39 is 0 Å². The molecule has 1 fully saturated rings. The highest BCUT2D eigenvalue weighted by Gasteiger charge is 2.23. The lowest BCUT2D eigenvalue weighted by atomic mass is 10.1. The Labute approximate surface area is 102 Å². The molecule has 1 unspecified atom stereocenters. The van der Waals surface area contributed by atoms with Crippen LogP contribution in [0, 0.1) is 5.82 Å². The van der Waals surface area contributed by atoms with Crippen LogP contribution in [0.15, 0.2) is 24.3 Å². The number of benzene rings is 1. The van der Waals surface area contributed by atoms with Crippen molar-refractivity contribution < 1.29 is 4.39 Å². The molecule has 0 bridgehead atoms. The third kappa shape index (κ3) is 3.25. The fraction of sp³-hybridized carbons (Fsp3) is 0.538. The maximum atomic E-state index is 12.8. The average Bonchev–Trinajstić information content (AvgIpc) is 2.34. The van der Waals surface area contributed by atoms with Gasteiger partial charge < -0.3 is 10.6 Å². The number of rotatable bonds is 3. The van der Waals surface area contributed by atoms with Crippen molar-refractivity contribution in [3.8, 4) is 0 Å². The van der Waals surface area contributed by atoms with E-state index in [2.05, 4.69) is 16.8 Å². The Morgan fingerprint density at radius 2 is 2.00 bits per heavy atom. The zero-order valence-corrected chi connectivity index (χ0v) is 10.3. The molecule has 3 nitrogen and oxygen atoms in total. The maximum absolute atomic E-state index is 12.8. The van der Waals surface area contributed by atoms with E-state index in [9.17, 15) is 4.39 Å². The van der Waals surface area contributed by atoms with Crippen LogP contribution in [0.4, 0.5) is 4.39 Å². The standard InChI is InChI=1S/C13H20FN3/c1-16-6-7-17(13(8-15)10-16)9-11-2-4-12(14)5-3-11/h2-5,13H,6-10,15H2,1H3. The predicted molar refractivity (Wildman–Crippen MR) is 67.1 cm³/mol. The van der Waals surface area contributed by atoms with Crippen LogP contribution < -0.4 is 5.73 Å². The first-order chi connectivity index (χ1) is 8.19. The molecule has 0 aromatic heterocycles. The SMILES string of the molecule is CN1CCN(Cc2ccc(F)cc2)C(CN)C1. The molecule has 0 saturated carbocycles. The second kappa shape index (κ2) is 5.58. The van der Waals surface area contributed by atoms with Gasteiger partial charge in [0.1, 0.15) is 5.82 Å². The normalized spacial score (nSPS) is 22.9. The quantitative estimate of drug-likeness (QED) is 0.848. The van der Waals surface area contributed by atoms with Crippen LogP contribution in [0.3, 0.4) is 0 Å². The van der Waals surface area contributed by atoms with Crippen LogP contribution in [-0.2, 0) is 6.54 Å². The van der Waals surface area contributed by atoms with E-state index in [0.717, 1.165) is 31.7 Å². The van der Waals surface area contributed by atoms with Crippen LogP contribution in [0.2, 0.25) is 0 Å². The Morgan fingerprint density at radius 3 is 2.65 bits per heavy atom. The third-order valence-corrected chi connectivity index (χ3v) is 3.38. The molecule has 4 heteroatoms. The van der Waals surface area contributed by atoms with Gasteiger partial charge >= 0.3 is 0 Å². The Kier molecular flexibility index (Phi) is 4.10. The summed E-state index contributed by atoms with van der Waals surface area (Å²) in [7, 11) is 2.12. The van der Waals surface area contributed by atoms with Gasteiger partial charge in [-0.05, 0) is 24.7 Å². The predicted octanol–water partition coefficient (Wildman–Crippen LogP) is 0.900. The molecule has 2 N–H and O–H groups in total. The molecular formula is C13H20FN3. The second-order valence-corrected chi connectivity index (χ2v) is 4.75. The number of nitrogens with two attached hydrogens (primary N) is 1. The van der Waals surface area contributed by atoms with Crippen molar-refractivity contribution in [1.82, 2.24) is 9.80 Å². The average molecular weight is 237 g/mol. The summed E-state index contributed by atoms with van der Waals surface area (Å²) in [6, 6.07) is 7.13. The van der Waals surface area contributed by atoms with Crippen molar-refractivity contribution in [3.05, 3.63) is 35.6 Å². The zero-order valence-electron chi connectivity index (χ0n) is 10.3. The van der Waals surface area contributed by atoms with E-state index >= 15 is 0 Å². The summed E-state index contributed by atoms with van der Waals surface area (Å²) in [5.74, 6) is -0.178. The molecule has 1 heterocycles. The molecule has 1 aliphatic rings. The largest absolute Gasteiger partial charge is 0.329 e. The van der Waals surface area contributed by atoms with Gasteiger partial charge in [-0.15, -0.1) is 0 Å². The van der Waals surface area contributed by atoms with E-state index in [1.807, 2.05) is 12.1 Å². The zero-order chi connectivity index (χ0) is 12.3. The second-order valence-electron chi connectivity index (χ2n) is 4.75. The van der Waals surface area contributed by atoms with E-state index in [4.69, 9.17) is 5.73 Å². The Bertz CT molecular complexity index is 352. The van der Waals surface area contributed by atoms with Gasteiger partial charge in [0.25, 0.3) is 0 Å². The van der Waals surface area contributed by atoms with E-state index in [1.165, 1.54) is 12.1 Å². The summed E-state index contributed by atoms with van der Waals surface area (Å²) in [6.07, 6.45) is 0. The Balaban J connectivity index is 1.99. The van der Waals surface area contributed by atoms with Crippen LogP contribution in [0.1, 0.15) is 5.56 Å². The fourth-order valence-corrected chi connectivity index (χ4v) is 2.30. The first-order valence-corrected chi connectivity index (χ1v) is 6.06. The molecule has 2 rings (SSSR count). The van der Waals surface area contributed by atoms with Gasteiger partial charge in [0.2, 0.25) is 0 Å². The van der Waals surface area contributed by atoms with Crippen LogP contribution >= 0.6 is 0 Å². The third-order valence-electron chi connectivity index (χ3n) is 3.38. The number of halogens is 1. The summed E-state index contributed by atoms with van der Waals surface area (Å²) in [4.78, 5) is 4.69. The Morgan fingerprint density at radius 1 is 1.29 bits per heavy atom. The molecular weight excluding hydrogens is 217 g/mol. The number of piperazine rings is 1. The fourth-order valence-electron chi connectivity index (χ4n) is 2.30. The van der Waals surface area contributed by atoms with E-state index in [-0.39, 0.29) is 5.82 Å². The monoisotopic (exact) mass is 237 g/mol. The molecule has 94 valence electrons. The molecule has 0 aliphatic carbocycles. The van der Waals surface area contributed by atoms with Gasteiger partial charge in [-0.25, -0.2) is 4.39 Å². The summed E-state index contributed by atoms with van der Waals surface area (Å²) in [5.41, 5.74) is 6.95. The van der Waals surface area contributed by atoms with E-state index in [0.29, 0.717) is 12.6 Å². The highest BCUT2D eigenvalue weighted by atomic mass is 19.1. The smallest absolute Gasteiger partial charge is 0.123 e. The van der Waals surface area contributed by atoms with Crippen molar-refractivity contribution >= 4 is 0 Å². The van der Waals surface area contributed by atoms with Crippen molar-refractivity contribution in [2.24, 2.45) is 5.73 Å². The maximum Gasteiger partial charge on any atom is 0.123 e. The highest BCUT2D eigenvalue weighted by molar-refractivity contribution is 5.16. The summed E-state index contributed by atoms with van der Waals surface area (Å²) in [5, 5.41) is 0. The number of nitrogens with zero attached hydrogens (tertiary/aromatic N) is 2. The summed E-state index contributed by atoms with van der Waals surface area (Å²) >= 11 is 0. The molecule has 1 atom stereocenters. The molecule has 17 heavy (non-hydrogen) atoms. The van der Waals surface area contributed by atoms with Gasteiger partial charge in [0, 0.05) is 38.8 Å². The molecule has 0 spiro atoms. The number of hydrogen-bond donors (Lipinski definition) is 1. The van der Waals surface area contributed by atoms with Crippen molar-refractivity contribution in [2.75, 3.05) is 33.2 Å². The van der Waals surface area contributed by atoms with E-state index in [1.54, 1.807) is 0 Å². The molecule has 0 radical (unpaired) electrons. The number of hydrogen-bond acceptors (Lipinski definition) is 3. The lowest BCUT2D eigenvalue weighted by Crippen LogP contribution is -2.54. The Hall–Kier alpha value is -0.970. The first kappa shape index (κ1) is 12.5. The molecule has 1 aromatic rings. The van der Waals surface area contributed by atoms with Crippen molar-refractivity contribution in [1.29, 1.82) is 0 Å². The minimum Gasteiger partial charge on any atom is -0.329 e. The number of likely N-dealkylation sites (N-methyl/N-ethyl adjacent to an activating group) is 1. The van der Waals surface area contributed by atoms with Crippen LogP contribution in [0.25, 0.3) is 0 Å². The van der Waals surface area contributed by atoms with Gasteiger partial charge in [-0.3, -0.25) is 4.90 Å². The highest BCUT2D eigenvalue weighted by Crippen LogP contribution is 2.13. The summed E-state index contributed by atoms with van der Waals surface area (Å²) in [6.45, 7) is 4.63. The van der Waals surface area contributed by atoms with Crippen LogP contribution in [-0.4, -0.2) is 49.1 Å². The summed E-state index contributed by atoms with van der Waals surface area (Å²) < 4.78 is 12.8. The lowest BCUT2D eigenvalue weighted by Gasteiger charge is -2.39.